The summed E-state index contributed by atoms with van der Waals surface area (Å²) >= 11 is 0. The molecule has 1 aromatic carbocycles. The summed E-state index contributed by atoms with van der Waals surface area (Å²) in [6.07, 6.45) is 2.30. The highest BCUT2D eigenvalue weighted by atomic mass is 16.5. The molecule has 31 heavy (non-hydrogen) atoms. The Kier molecular flexibility index (Phi) is 6.36. The third-order valence-electron chi connectivity index (χ3n) is 6.69. The Hall–Kier alpha value is -2.74. The summed E-state index contributed by atoms with van der Waals surface area (Å²) in [5.74, 6) is 2.49. The van der Waals surface area contributed by atoms with Crippen molar-refractivity contribution >= 4 is 6.03 Å². The van der Waals surface area contributed by atoms with Gasteiger partial charge in [-0.1, -0.05) is 0 Å². The predicted molar refractivity (Wildman–Crippen MR) is 120 cm³/mol. The van der Waals surface area contributed by atoms with Gasteiger partial charge < -0.3 is 20.1 Å². The first-order chi connectivity index (χ1) is 15.0. The molecular weight excluding hydrogens is 394 g/mol. The van der Waals surface area contributed by atoms with Crippen LogP contribution >= 0.6 is 0 Å². The maximum Gasteiger partial charge on any atom is 0.314 e. The predicted octanol–water partition coefficient (Wildman–Crippen LogP) is 2.60. The molecule has 2 aromatic rings. The van der Waals surface area contributed by atoms with Crippen LogP contribution in [0.3, 0.4) is 0 Å². The molecule has 2 N–H and O–H groups in total. The average Bonchev–Trinajstić information content (AvgIpc) is 3.19. The van der Waals surface area contributed by atoms with Crippen molar-refractivity contribution in [1.29, 1.82) is 0 Å². The molecule has 1 aromatic heterocycles. The van der Waals surface area contributed by atoms with E-state index in [1.54, 1.807) is 14.2 Å². The zero-order chi connectivity index (χ0) is 22.0. The van der Waals surface area contributed by atoms with Crippen LogP contribution in [0, 0.1) is 5.92 Å². The summed E-state index contributed by atoms with van der Waals surface area (Å²) in [6.45, 7) is 5.40. The van der Waals surface area contributed by atoms with Crippen LogP contribution in [0.25, 0.3) is 11.3 Å². The van der Waals surface area contributed by atoms with E-state index < -0.39 is 0 Å². The highest BCUT2D eigenvalue weighted by Gasteiger charge is 2.41. The minimum Gasteiger partial charge on any atom is -0.493 e. The molecule has 2 amide bonds. The summed E-state index contributed by atoms with van der Waals surface area (Å²) in [6, 6.07) is 8.47. The summed E-state index contributed by atoms with van der Waals surface area (Å²) in [5.41, 5.74) is 3.24. The van der Waals surface area contributed by atoms with Gasteiger partial charge >= 0.3 is 6.03 Å². The highest BCUT2D eigenvalue weighted by molar-refractivity contribution is 5.73. The number of urea groups is 1. The molecule has 3 aliphatic heterocycles. The monoisotopic (exact) mass is 427 g/mol. The molecule has 1 unspecified atom stereocenters. The van der Waals surface area contributed by atoms with Crippen LogP contribution in [0.15, 0.2) is 24.3 Å². The van der Waals surface area contributed by atoms with Crippen LogP contribution in [0.2, 0.25) is 0 Å². The number of hydrogen-bond donors (Lipinski definition) is 2. The molecule has 0 radical (unpaired) electrons. The fraction of sp³-hybridized carbons (Fsp3) is 0.565. The lowest BCUT2D eigenvalue weighted by molar-refractivity contribution is 0.0294. The molecule has 4 heterocycles. The molecule has 3 aliphatic rings. The van der Waals surface area contributed by atoms with Gasteiger partial charge in [0.1, 0.15) is 0 Å². The quantitative estimate of drug-likeness (QED) is 0.710. The number of carbonyl (C=O) groups is 1. The Morgan fingerprint density at radius 3 is 2.68 bits per heavy atom. The van der Waals surface area contributed by atoms with Gasteiger partial charge in [-0.25, -0.2) is 4.79 Å². The fourth-order valence-corrected chi connectivity index (χ4v) is 5.08. The van der Waals surface area contributed by atoms with Crippen molar-refractivity contribution in [3.63, 3.8) is 0 Å². The van der Waals surface area contributed by atoms with Crippen molar-refractivity contribution in [2.75, 3.05) is 40.4 Å². The number of nitrogens with zero attached hydrogens (tertiary/aromatic N) is 3. The number of amides is 2. The summed E-state index contributed by atoms with van der Waals surface area (Å²) in [5, 5.41) is 10.6. The van der Waals surface area contributed by atoms with E-state index in [2.05, 4.69) is 21.6 Å². The van der Waals surface area contributed by atoms with Gasteiger partial charge in [0.15, 0.2) is 11.5 Å². The summed E-state index contributed by atoms with van der Waals surface area (Å²) in [4.78, 5) is 14.3. The first kappa shape index (κ1) is 21.5. The first-order valence-corrected chi connectivity index (χ1v) is 11.1. The van der Waals surface area contributed by atoms with E-state index in [0.717, 1.165) is 30.8 Å². The van der Waals surface area contributed by atoms with E-state index in [0.29, 0.717) is 42.5 Å². The van der Waals surface area contributed by atoms with Crippen molar-refractivity contribution in [2.45, 2.75) is 31.7 Å². The average molecular weight is 428 g/mol. The topological polar surface area (TPSA) is 80.7 Å². The van der Waals surface area contributed by atoms with Crippen molar-refractivity contribution in [3.8, 4) is 22.8 Å². The standard InChI is InChI=1S/C23H33N5O3/c1-5-24-23(29)25-13-17-10-15-8-9-28(17)14-18(15)20-12-19(26-27(20)2)16-6-7-21(30-3)22(11-16)31-4/h6-7,11-12,15,17-18H,5,8-10,13-14H2,1-4H3,(H2,24,25,29)/t15-,17-,18+/m1/s1. The van der Waals surface area contributed by atoms with E-state index in [1.807, 2.05) is 36.9 Å². The fourth-order valence-electron chi connectivity index (χ4n) is 5.08. The number of methoxy groups -OCH3 is 2. The van der Waals surface area contributed by atoms with Crippen LogP contribution < -0.4 is 20.1 Å². The Balaban J connectivity index is 1.48. The molecule has 3 saturated heterocycles. The second kappa shape index (κ2) is 9.18. The smallest absolute Gasteiger partial charge is 0.314 e. The molecule has 0 saturated carbocycles. The second-order valence-electron chi connectivity index (χ2n) is 8.43. The number of fused-ring (bicyclic) bond motifs is 3. The van der Waals surface area contributed by atoms with Gasteiger partial charge in [0, 0.05) is 49.9 Å². The number of aromatic nitrogens is 2. The summed E-state index contributed by atoms with van der Waals surface area (Å²) < 4.78 is 12.8. The molecule has 5 rings (SSSR count). The largest absolute Gasteiger partial charge is 0.493 e. The lowest BCUT2D eigenvalue weighted by Gasteiger charge is -2.49. The zero-order valence-corrected chi connectivity index (χ0v) is 18.9. The third kappa shape index (κ3) is 4.35. The van der Waals surface area contributed by atoms with Gasteiger partial charge in [-0.15, -0.1) is 0 Å². The minimum absolute atomic E-state index is 0.0760. The van der Waals surface area contributed by atoms with E-state index >= 15 is 0 Å². The minimum atomic E-state index is -0.0760. The van der Waals surface area contributed by atoms with Crippen molar-refractivity contribution in [3.05, 3.63) is 30.0 Å². The number of benzene rings is 1. The molecule has 3 fully saturated rings. The molecule has 0 aliphatic carbocycles. The van der Waals surface area contributed by atoms with E-state index in [-0.39, 0.29) is 6.03 Å². The molecule has 0 spiro atoms. The van der Waals surface area contributed by atoms with Crippen LogP contribution in [-0.2, 0) is 7.05 Å². The Bertz CT molecular complexity index is 928. The normalized spacial score (nSPS) is 24.6. The zero-order valence-electron chi connectivity index (χ0n) is 18.9. The SMILES string of the molecule is CCNC(=O)NC[C@H]1C[C@H]2CCN1C[C@@H]2c1cc(-c2ccc(OC)c(OC)c2)nn1C. The Morgan fingerprint density at radius 2 is 2.00 bits per heavy atom. The van der Waals surface area contributed by atoms with Gasteiger partial charge in [0.05, 0.1) is 19.9 Å². The Labute approximate surface area is 183 Å². The molecule has 4 atom stereocenters. The first-order valence-electron chi connectivity index (χ1n) is 11.1. The molecular formula is C23H33N5O3. The van der Waals surface area contributed by atoms with Crippen LogP contribution in [-0.4, -0.2) is 67.2 Å². The van der Waals surface area contributed by atoms with Gasteiger partial charge in [-0.3, -0.25) is 9.58 Å². The highest BCUT2D eigenvalue weighted by Crippen LogP contribution is 2.42. The van der Waals surface area contributed by atoms with Crippen LogP contribution in [0.5, 0.6) is 11.5 Å². The third-order valence-corrected chi connectivity index (χ3v) is 6.69. The van der Waals surface area contributed by atoms with Gasteiger partial charge in [-0.2, -0.15) is 5.10 Å². The number of carbonyl (C=O) groups excluding carboxylic acids is 1. The molecule has 2 bridgehead atoms. The molecule has 8 heteroatoms. The van der Waals surface area contributed by atoms with Crippen molar-refractivity contribution in [1.82, 2.24) is 25.3 Å². The number of nitrogens with one attached hydrogen (secondary N) is 2. The van der Waals surface area contributed by atoms with E-state index in [9.17, 15) is 4.79 Å². The van der Waals surface area contributed by atoms with Crippen molar-refractivity contribution in [2.24, 2.45) is 13.0 Å². The lowest BCUT2D eigenvalue weighted by atomic mass is 9.74. The summed E-state index contributed by atoms with van der Waals surface area (Å²) in [7, 11) is 5.32. The van der Waals surface area contributed by atoms with E-state index in [1.165, 1.54) is 12.1 Å². The lowest BCUT2D eigenvalue weighted by Crippen LogP contribution is -2.56. The van der Waals surface area contributed by atoms with Gasteiger partial charge in [0.2, 0.25) is 0 Å². The Morgan fingerprint density at radius 1 is 1.19 bits per heavy atom. The van der Waals surface area contributed by atoms with Crippen molar-refractivity contribution < 1.29 is 14.3 Å². The number of rotatable bonds is 7. The number of piperidine rings is 3. The van der Waals surface area contributed by atoms with Crippen LogP contribution in [0.4, 0.5) is 4.79 Å². The number of ether oxygens (including phenoxy) is 2. The molecule has 168 valence electrons. The maximum atomic E-state index is 11.8. The number of hydrogen-bond acceptors (Lipinski definition) is 5. The second-order valence-corrected chi connectivity index (χ2v) is 8.43. The van der Waals surface area contributed by atoms with Crippen LogP contribution in [0.1, 0.15) is 31.4 Å². The van der Waals surface area contributed by atoms with Gasteiger partial charge in [0.25, 0.3) is 0 Å². The maximum absolute atomic E-state index is 11.8. The van der Waals surface area contributed by atoms with E-state index in [4.69, 9.17) is 14.6 Å². The number of aryl methyl sites for hydroxylation is 1. The molecule has 8 nitrogen and oxygen atoms in total. The van der Waals surface area contributed by atoms with Gasteiger partial charge in [-0.05, 0) is 56.5 Å².